The number of carbonyl (C=O) groups is 2. The third-order valence-electron chi connectivity index (χ3n) is 5.09. The predicted octanol–water partition coefficient (Wildman–Crippen LogP) is 1.76. The summed E-state index contributed by atoms with van der Waals surface area (Å²) in [7, 11) is 0. The summed E-state index contributed by atoms with van der Waals surface area (Å²) in [5.74, 6) is 0.507. The fourth-order valence-electron chi connectivity index (χ4n) is 3.76. The quantitative estimate of drug-likeness (QED) is 0.824. The second-order valence-corrected chi connectivity index (χ2v) is 6.91. The van der Waals surface area contributed by atoms with Gasteiger partial charge in [0.05, 0.1) is 12.7 Å². The summed E-state index contributed by atoms with van der Waals surface area (Å²) < 4.78 is 6.00. The zero-order valence-corrected chi connectivity index (χ0v) is 15.0. The van der Waals surface area contributed by atoms with Gasteiger partial charge in [-0.1, -0.05) is 0 Å². The van der Waals surface area contributed by atoms with Gasteiger partial charge in [0.15, 0.2) is 0 Å². The zero-order chi connectivity index (χ0) is 18.6. The molecule has 4 heterocycles. The second kappa shape index (κ2) is 7.73. The van der Waals surface area contributed by atoms with E-state index in [4.69, 9.17) is 4.74 Å². The average Bonchev–Trinajstić information content (AvgIpc) is 3.39. The summed E-state index contributed by atoms with van der Waals surface area (Å²) in [5, 5.41) is 0. The topological polar surface area (TPSA) is 75.6 Å². The van der Waals surface area contributed by atoms with Crippen LogP contribution < -0.4 is 4.74 Å². The molecule has 0 aromatic carbocycles. The number of pyridine rings is 2. The molecule has 0 spiro atoms. The van der Waals surface area contributed by atoms with Crippen LogP contribution in [0, 0.1) is 0 Å². The van der Waals surface area contributed by atoms with Crippen LogP contribution in [-0.2, 0) is 4.79 Å². The molecule has 7 heteroatoms. The molecule has 2 atom stereocenters. The van der Waals surface area contributed by atoms with Crippen molar-refractivity contribution in [3.63, 3.8) is 0 Å². The Hall–Kier alpha value is -2.96. The normalized spacial score (nSPS) is 22.1. The molecule has 0 aliphatic carbocycles. The maximum atomic E-state index is 13.0. The molecular weight excluding hydrogens is 344 g/mol. The highest BCUT2D eigenvalue weighted by atomic mass is 16.5. The van der Waals surface area contributed by atoms with E-state index in [-0.39, 0.29) is 17.9 Å². The summed E-state index contributed by atoms with van der Waals surface area (Å²) in [6.45, 7) is 1.90. The third-order valence-corrected chi connectivity index (χ3v) is 5.09. The monoisotopic (exact) mass is 366 g/mol. The van der Waals surface area contributed by atoms with Gasteiger partial charge < -0.3 is 14.5 Å². The van der Waals surface area contributed by atoms with Crippen molar-refractivity contribution in [1.29, 1.82) is 0 Å². The summed E-state index contributed by atoms with van der Waals surface area (Å²) >= 11 is 0. The number of ether oxygens (including phenoxy) is 1. The first kappa shape index (κ1) is 17.5. The molecular formula is C20H22N4O3. The molecule has 2 aromatic rings. The lowest BCUT2D eigenvalue weighted by atomic mass is 10.1. The lowest BCUT2D eigenvalue weighted by Crippen LogP contribution is -2.47. The van der Waals surface area contributed by atoms with Crippen LogP contribution in [0.1, 0.15) is 29.6 Å². The van der Waals surface area contributed by atoms with Gasteiger partial charge in [-0.2, -0.15) is 0 Å². The maximum Gasteiger partial charge on any atom is 0.254 e. The molecule has 4 rings (SSSR count). The average molecular weight is 366 g/mol. The van der Waals surface area contributed by atoms with Gasteiger partial charge in [0.2, 0.25) is 5.91 Å². The van der Waals surface area contributed by atoms with Crippen LogP contribution in [0.5, 0.6) is 5.75 Å². The summed E-state index contributed by atoms with van der Waals surface area (Å²) in [5.41, 5.74) is 0.534. The van der Waals surface area contributed by atoms with Crippen molar-refractivity contribution in [3.05, 3.63) is 54.6 Å². The van der Waals surface area contributed by atoms with Crippen molar-refractivity contribution < 1.29 is 14.3 Å². The van der Waals surface area contributed by atoms with Gasteiger partial charge in [0.1, 0.15) is 17.9 Å². The van der Waals surface area contributed by atoms with Crippen LogP contribution in [0.25, 0.3) is 0 Å². The molecule has 27 heavy (non-hydrogen) atoms. The maximum absolute atomic E-state index is 13.0. The van der Waals surface area contributed by atoms with Gasteiger partial charge >= 0.3 is 0 Å². The number of carbonyl (C=O) groups excluding carboxylic acids is 2. The Morgan fingerprint density at radius 3 is 2.52 bits per heavy atom. The Morgan fingerprint density at radius 1 is 1.04 bits per heavy atom. The van der Waals surface area contributed by atoms with Gasteiger partial charge in [-0.05, 0) is 37.1 Å². The van der Waals surface area contributed by atoms with Crippen LogP contribution in [0.4, 0.5) is 0 Å². The first-order valence-electron chi connectivity index (χ1n) is 9.29. The molecule has 2 aliphatic heterocycles. The fourth-order valence-corrected chi connectivity index (χ4v) is 3.76. The van der Waals surface area contributed by atoms with Gasteiger partial charge in [0.25, 0.3) is 5.91 Å². The standard InChI is InChI=1S/C20H22N4O3/c25-19(15-5-8-21-9-6-15)24-14-17(27-16-4-3-7-22-13-16)12-18(24)20(26)23-10-1-2-11-23/h3-9,13,17-18H,1-2,10-12,14H2/t17-,18-/m0/s1. The molecule has 2 saturated heterocycles. The van der Waals surface area contributed by atoms with Crippen molar-refractivity contribution in [2.24, 2.45) is 0 Å². The number of hydrogen-bond acceptors (Lipinski definition) is 5. The molecule has 0 saturated carbocycles. The highest BCUT2D eigenvalue weighted by Gasteiger charge is 2.43. The molecule has 0 radical (unpaired) electrons. The van der Waals surface area contributed by atoms with Crippen molar-refractivity contribution in [1.82, 2.24) is 19.8 Å². The van der Waals surface area contributed by atoms with Gasteiger partial charge in [-0.25, -0.2) is 0 Å². The molecule has 2 aliphatic rings. The number of hydrogen-bond donors (Lipinski definition) is 0. The van der Waals surface area contributed by atoms with E-state index in [0.717, 1.165) is 25.9 Å². The largest absolute Gasteiger partial charge is 0.487 e. The highest BCUT2D eigenvalue weighted by molar-refractivity contribution is 5.98. The van der Waals surface area contributed by atoms with Gasteiger partial charge in [-0.3, -0.25) is 19.6 Å². The van der Waals surface area contributed by atoms with Crippen LogP contribution in [-0.4, -0.2) is 63.4 Å². The van der Waals surface area contributed by atoms with Gasteiger partial charge in [0, 0.05) is 43.7 Å². The number of amides is 2. The zero-order valence-electron chi connectivity index (χ0n) is 15.0. The van der Waals surface area contributed by atoms with Crippen LogP contribution in [0.2, 0.25) is 0 Å². The van der Waals surface area contributed by atoms with Crippen molar-refractivity contribution in [2.45, 2.75) is 31.4 Å². The molecule has 2 fully saturated rings. The number of aromatic nitrogens is 2. The minimum atomic E-state index is -0.495. The Balaban J connectivity index is 1.55. The van der Waals surface area contributed by atoms with Crippen LogP contribution in [0.3, 0.4) is 0 Å². The van der Waals surface area contributed by atoms with E-state index in [0.29, 0.717) is 24.3 Å². The summed E-state index contributed by atoms with van der Waals surface area (Å²) in [6.07, 6.45) is 8.79. The molecule has 2 amide bonds. The molecule has 2 aromatic heterocycles. The lowest BCUT2D eigenvalue weighted by Gasteiger charge is -2.27. The van der Waals surface area contributed by atoms with E-state index in [9.17, 15) is 9.59 Å². The second-order valence-electron chi connectivity index (χ2n) is 6.91. The SMILES string of the molecule is O=C([C@@H]1C[C@H](Oc2cccnc2)CN1C(=O)c1ccncc1)N1CCCC1. The number of nitrogens with zero attached hydrogens (tertiary/aromatic N) is 4. The Labute approximate surface area is 158 Å². The predicted molar refractivity (Wildman–Crippen MR) is 98.1 cm³/mol. The van der Waals surface area contributed by atoms with Crippen molar-refractivity contribution in [3.8, 4) is 5.75 Å². The Kier molecular flexibility index (Phi) is 5.00. The van der Waals surface area contributed by atoms with E-state index in [1.165, 1.54) is 0 Å². The van der Waals surface area contributed by atoms with E-state index in [1.807, 2.05) is 11.0 Å². The van der Waals surface area contributed by atoms with E-state index in [1.54, 1.807) is 47.9 Å². The summed E-state index contributed by atoms with van der Waals surface area (Å²) in [4.78, 5) is 37.6. The van der Waals surface area contributed by atoms with E-state index in [2.05, 4.69) is 9.97 Å². The minimum Gasteiger partial charge on any atom is -0.487 e. The molecule has 140 valence electrons. The van der Waals surface area contributed by atoms with Crippen molar-refractivity contribution >= 4 is 11.8 Å². The Bertz CT molecular complexity index is 793. The first-order chi connectivity index (χ1) is 13.2. The molecule has 0 bridgehead atoms. The van der Waals surface area contributed by atoms with Crippen LogP contribution >= 0.6 is 0 Å². The first-order valence-corrected chi connectivity index (χ1v) is 9.29. The number of rotatable bonds is 4. The van der Waals surface area contributed by atoms with Crippen LogP contribution in [0.15, 0.2) is 49.1 Å². The molecule has 0 unspecified atom stereocenters. The smallest absolute Gasteiger partial charge is 0.254 e. The highest BCUT2D eigenvalue weighted by Crippen LogP contribution is 2.27. The fraction of sp³-hybridized carbons (Fsp3) is 0.400. The lowest BCUT2D eigenvalue weighted by molar-refractivity contribution is -0.134. The van der Waals surface area contributed by atoms with Gasteiger partial charge in [-0.15, -0.1) is 0 Å². The number of likely N-dealkylation sites (tertiary alicyclic amines) is 2. The third kappa shape index (κ3) is 3.77. The van der Waals surface area contributed by atoms with Crippen molar-refractivity contribution in [2.75, 3.05) is 19.6 Å². The van der Waals surface area contributed by atoms with E-state index >= 15 is 0 Å². The molecule has 7 nitrogen and oxygen atoms in total. The minimum absolute atomic E-state index is 0.0205. The molecule has 0 N–H and O–H groups in total. The Morgan fingerprint density at radius 2 is 1.81 bits per heavy atom. The summed E-state index contributed by atoms with van der Waals surface area (Å²) in [6, 6.07) is 6.49. The van der Waals surface area contributed by atoms with E-state index < -0.39 is 6.04 Å².